The second-order valence-corrected chi connectivity index (χ2v) is 7.93. The summed E-state index contributed by atoms with van der Waals surface area (Å²) in [6.45, 7) is 0.247. The van der Waals surface area contributed by atoms with E-state index < -0.39 is 16.5 Å². The van der Waals surface area contributed by atoms with Gasteiger partial charge in [0.05, 0.1) is 24.1 Å². The third-order valence-electron chi connectivity index (χ3n) is 4.81. The van der Waals surface area contributed by atoms with E-state index in [4.69, 9.17) is 0 Å². The predicted octanol–water partition coefficient (Wildman–Crippen LogP) is 3.27. The summed E-state index contributed by atoms with van der Waals surface area (Å²) in [6.07, 6.45) is 4.91. The van der Waals surface area contributed by atoms with Gasteiger partial charge in [-0.05, 0) is 40.5 Å². The van der Waals surface area contributed by atoms with Crippen molar-refractivity contribution in [3.05, 3.63) is 107 Å². The SMILES string of the molecule is O=c1c(-c2ccc(F)cc2)c(-c2ccc(C[SH](=O)=O)cc2)cnn1Cc1cccnc1. The van der Waals surface area contributed by atoms with Gasteiger partial charge in [-0.3, -0.25) is 9.78 Å². The number of aromatic nitrogens is 3. The van der Waals surface area contributed by atoms with Crippen molar-refractivity contribution in [1.29, 1.82) is 0 Å². The molecule has 0 aliphatic rings. The monoisotopic (exact) mass is 435 g/mol. The first kappa shape index (κ1) is 20.6. The number of halogens is 1. The molecule has 0 fully saturated rings. The average Bonchev–Trinajstić information content (AvgIpc) is 2.77. The quantitative estimate of drug-likeness (QED) is 0.470. The Labute approximate surface area is 179 Å². The van der Waals surface area contributed by atoms with E-state index in [0.29, 0.717) is 27.8 Å². The van der Waals surface area contributed by atoms with E-state index in [9.17, 15) is 17.6 Å². The van der Waals surface area contributed by atoms with Crippen LogP contribution in [0.4, 0.5) is 4.39 Å². The molecule has 0 spiro atoms. The van der Waals surface area contributed by atoms with Crippen molar-refractivity contribution < 1.29 is 12.8 Å². The third kappa shape index (κ3) is 4.75. The number of benzene rings is 2. The highest BCUT2D eigenvalue weighted by Crippen LogP contribution is 2.29. The summed E-state index contributed by atoms with van der Waals surface area (Å²) in [7, 11) is -2.53. The van der Waals surface area contributed by atoms with Gasteiger partial charge >= 0.3 is 0 Å². The molecule has 0 amide bonds. The highest BCUT2D eigenvalue weighted by atomic mass is 32.2. The zero-order valence-corrected chi connectivity index (χ0v) is 17.2. The molecule has 8 heteroatoms. The van der Waals surface area contributed by atoms with Crippen LogP contribution in [0.3, 0.4) is 0 Å². The van der Waals surface area contributed by atoms with Crippen LogP contribution in [0, 0.1) is 5.82 Å². The first-order valence-electron chi connectivity index (χ1n) is 9.47. The average molecular weight is 435 g/mol. The molecule has 2 aromatic carbocycles. The highest BCUT2D eigenvalue weighted by Gasteiger charge is 2.16. The Morgan fingerprint density at radius 1 is 0.871 bits per heavy atom. The standard InChI is InChI=1S/C23H18FN3O3S/c24-20-9-7-19(8-10-20)22-21(18-5-3-16(4-6-18)15-31(29)30)13-26-27(23(22)28)14-17-2-1-11-25-12-17/h1-13,31H,14-15H2. The van der Waals surface area contributed by atoms with Crippen LogP contribution in [0.25, 0.3) is 22.3 Å². The van der Waals surface area contributed by atoms with Crippen molar-refractivity contribution in [3.8, 4) is 22.3 Å². The van der Waals surface area contributed by atoms with E-state index in [1.54, 1.807) is 61.1 Å². The maximum atomic E-state index is 13.5. The van der Waals surface area contributed by atoms with Crippen molar-refractivity contribution in [2.45, 2.75) is 12.3 Å². The molecule has 156 valence electrons. The largest absolute Gasteiger partial charge is 0.275 e. The van der Waals surface area contributed by atoms with E-state index in [2.05, 4.69) is 10.1 Å². The summed E-state index contributed by atoms with van der Waals surface area (Å²) in [5, 5.41) is 4.33. The van der Waals surface area contributed by atoms with Crippen LogP contribution in [-0.2, 0) is 23.0 Å². The van der Waals surface area contributed by atoms with Crippen LogP contribution < -0.4 is 5.56 Å². The fourth-order valence-electron chi connectivity index (χ4n) is 3.32. The van der Waals surface area contributed by atoms with Gasteiger partial charge in [-0.2, -0.15) is 5.10 Å². The fraction of sp³-hybridized carbons (Fsp3) is 0.0870. The Kier molecular flexibility index (Phi) is 5.99. The molecule has 4 aromatic rings. The normalized spacial score (nSPS) is 11.0. The minimum atomic E-state index is -2.53. The van der Waals surface area contributed by atoms with Crippen molar-refractivity contribution in [2.24, 2.45) is 0 Å². The van der Waals surface area contributed by atoms with Gasteiger partial charge in [0.15, 0.2) is 0 Å². The first-order valence-corrected chi connectivity index (χ1v) is 10.8. The van der Waals surface area contributed by atoms with Crippen LogP contribution in [0.2, 0.25) is 0 Å². The molecule has 31 heavy (non-hydrogen) atoms. The number of hydrogen-bond acceptors (Lipinski definition) is 5. The van der Waals surface area contributed by atoms with E-state index >= 15 is 0 Å². The third-order valence-corrected chi connectivity index (χ3v) is 5.43. The smallest absolute Gasteiger partial charge is 0.267 e. The van der Waals surface area contributed by atoms with Crippen LogP contribution in [0.1, 0.15) is 11.1 Å². The molecule has 0 unspecified atom stereocenters. The van der Waals surface area contributed by atoms with Gasteiger partial charge in [0, 0.05) is 18.0 Å². The zero-order chi connectivity index (χ0) is 21.8. The zero-order valence-electron chi connectivity index (χ0n) is 16.3. The lowest BCUT2D eigenvalue weighted by molar-refractivity contribution is 0.614. The first-order chi connectivity index (χ1) is 15.0. The molecule has 0 radical (unpaired) electrons. The summed E-state index contributed by atoms with van der Waals surface area (Å²) in [6, 6.07) is 16.3. The Morgan fingerprint density at radius 3 is 2.23 bits per heavy atom. The molecule has 0 aliphatic carbocycles. The molecule has 0 atom stereocenters. The van der Waals surface area contributed by atoms with Crippen molar-refractivity contribution in [2.75, 3.05) is 0 Å². The van der Waals surface area contributed by atoms with Crippen LogP contribution in [0.15, 0.2) is 84.0 Å². The minimum Gasteiger partial charge on any atom is -0.267 e. The second kappa shape index (κ2) is 9.01. The Morgan fingerprint density at radius 2 is 1.58 bits per heavy atom. The number of nitrogens with zero attached hydrogens (tertiary/aromatic N) is 3. The van der Waals surface area contributed by atoms with Crippen molar-refractivity contribution in [3.63, 3.8) is 0 Å². The van der Waals surface area contributed by atoms with Gasteiger partial charge in [0.1, 0.15) is 16.5 Å². The van der Waals surface area contributed by atoms with Crippen molar-refractivity contribution >= 4 is 10.7 Å². The molecule has 0 saturated heterocycles. The molecule has 0 bridgehead atoms. The van der Waals surface area contributed by atoms with E-state index in [1.165, 1.54) is 16.8 Å². The van der Waals surface area contributed by atoms with E-state index in [0.717, 1.165) is 5.56 Å². The van der Waals surface area contributed by atoms with Crippen LogP contribution in [0.5, 0.6) is 0 Å². The molecular formula is C23H18FN3O3S. The maximum absolute atomic E-state index is 13.5. The molecule has 0 N–H and O–H groups in total. The molecule has 0 saturated carbocycles. The van der Waals surface area contributed by atoms with Crippen molar-refractivity contribution in [1.82, 2.24) is 14.8 Å². The lowest BCUT2D eigenvalue weighted by Crippen LogP contribution is -2.25. The topological polar surface area (TPSA) is 81.9 Å². The number of thiol groups is 1. The van der Waals surface area contributed by atoms with E-state index in [-0.39, 0.29) is 17.9 Å². The van der Waals surface area contributed by atoms with Gasteiger partial charge in [0.25, 0.3) is 5.56 Å². The number of pyridine rings is 1. The second-order valence-electron chi connectivity index (χ2n) is 6.95. The molecule has 2 aromatic heterocycles. The van der Waals surface area contributed by atoms with Gasteiger partial charge in [-0.1, -0.05) is 42.5 Å². The highest BCUT2D eigenvalue weighted by molar-refractivity contribution is 7.71. The lowest BCUT2D eigenvalue weighted by atomic mass is 9.96. The summed E-state index contributed by atoms with van der Waals surface area (Å²) in [5.41, 5.74) is 3.41. The predicted molar refractivity (Wildman–Crippen MR) is 117 cm³/mol. The number of rotatable bonds is 6. The maximum Gasteiger partial charge on any atom is 0.275 e. The van der Waals surface area contributed by atoms with E-state index in [1.807, 2.05) is 6.07 Å². The summed E-state index contributed by atoms with van der Waals surface area (Å²) in [4.78, 5) is 17.4. The summed E-state index contributed by atoms with van der Waals surface area (Å²) >= 11 is 0. The molecule has 0 aliphatic heterocycles. The van der Waals surface area contributed by atoms with Gasteiger partial charge in [0.2, 0.25) is 0 Å². The number of hydrogen-bond donors (Lipinski definition) is 1. The molecule has 4 rings (SSSR count). The van der Waals surface area contributed by atoms with Crippen LogP contribution in [-0.4, -0.2) is 23.2 Å². The Balaban J connectivity index is 1.83. The molecule has 6 nitrogen and oxygen atoms in total. The minimum absolute atomic E-state index is 0.0502. The van der Waals surface area contributed by atoms with Crippen LogP contribution >= 0.6 is 0 Å². The summed E-state index contributed by atoms with van der Waals surface area (Å²) in [5.74, 6) is -0.447. The summed E-state index contributed by atoms with van der Waals surface area (Å²) < 4.78 is 36.8. The Bertz CT molecular complexity index is 1330. The van der Waals surface area contributed by atoms with Gasteiger partial charge in [-0.25, -0.2) is 17.5 Å². The molecular weight excluding hydrogens is 417 g/mol. The van der Waals surface area contributed by atoms with Gasteiger partial charge in [-0.15, -0.1) is 0 Å². The molecule has 2 heterocycles. The Hall–Kier alpha value is -3.65. The van der Waals surface area contributed by atoms with Gasteiger partial charge < -0.3 is 0 Å². The fourth-order valence-corrected chi connectivity index (χ4v) is 3.83. The lowest BCUT2D eigenvalue weighted by Gasteiger charge is -2.13.